The van der Waals surface area contributed by atoms with Gasteiger partial charge in [0.2, 0.25) is 0 Å². The summed E-state index contributed by atoms with van der Waals surface area (Å²) in [6.45, 7) is 0.379. The fraction of sp³-hybridized carbons (Fsp3) is 0.538. The summed E-state index contributed by atoms with van der Waals surface area (Å²) in [5.74, 6) is -0.734. The fourth-order valence-electron chi connectivity index (χ4n) is 2.64. The van der Waals surface area contributed by atoms with E-state index in [0.717, 1.165) is 25.7 Å². The molecule has 1 fully saturated rings. The van der Waals surface area contributed by atoms with Crippen LogP contribution in [0.25, 0.3) is 0 Å². The average Bonchev–Trinajstić information content (AvgIpc) is 2.75. The van der Waals surface area contributed by atoms with Gasteiger partial charge in [-0.05, 0) is 18.9 Å². The lowest BCUT2D eigenvalue weighted by Crippen LogP contribution is -2.40. The van der Waals surface area contributed by atoms with Crippen LogP contribution in [-0.2, 0) is 0 Å². The predicted octanol–water partition coefficient (Wildman–Crippen LogP) is 1.10. The molecule has 6 heteroatoms. The first kappa shape index (κ1) is 13.6. The Morgan fingerprint density at radius 2 is 2.16 bits per heavy atom. The second kappa shape index (κ2) is 5.05. The van der Waals surface area contributed by atoms with Crippen molar-refractivity contribution in [3.05, 3.63) is 17.8 Å². The molecule has 6 nitrogen and oxygen atoms in total. The van der Waals surface area contributed by atoms with Crippen LogP contribution in [0.1, 0.15) is 36.0 Å². The highest BCUT2D eigenvalue weighted by atomic mass is 16.4. The van der Waals surface area contributed by atoms with Crippen LogP contribution in [0.4, 0.5) is 11.5 Å². The number of anilines is 2. The van der Waals surface area contributed by atoms with Crippen LogP contribution in [-0.4, -0.2) is 40.4 Å². The van der Waals surface area contributed by atoms with Gasteiger partial charge in [-0.15, -0.1) is 0 Å². The molecule has 0 atom stereocenters. The minimum atomic E-state index is -1.07. The first-order valence-electron chi connectivity index (χ1n) is 6.34. The molecule has 0 aromatic carbocycles. The van der Waals surface area contributed by atoms with Crippen molar-refractivity contribution >= 4 is 17.5 Å². The van der Waals surface area contributed by atoms with E-state index in [1.165, 1.54) is 12.3 Å². The third-order valence-electron chi connectivity index (χ3n) is 3.55. The van der Waals surface area contributed by atoms with Crippen molar-refractivity contribution in [1.29, 1.82) is 0 Å². The molecule has 1 aromatic heterocycles. The Kier molecular flexibility index (Phi) is 3.61. The van der Waals surface area contributed by atoms with E-state index >= 15 is 0 Å². The van der Waals surface area contributed by atoms with Crippen LogP contribution in [0.5, 0.6) is 0 Å². The largest absolute Gasteiger partial charge is 0.478 e. The molecule has 0 aliphatic heterocycles. The van der Waals surface area contributed by atoms with Crippen molar-refractivity contribution in [2.24, 2.45) is 0 Å². The number of hydrogen-bond donors (Lipinski definition) is 3. The van der Waals surface area contributed by atoms with Gasteiger partial charge in [0.25, 0.3) is 0 Å². The van der Waals surface area contributed by atoms with E-state index < -0.39 is 11.6 Å². The number of pyridine rings is 1. The molecule has 1 aromatic rings. The normalized spacial score (nSPS) is 17.4. The van der Waals surface area contributed by atoms with E-state index in [1.807, 2.05) is 0 Å². The summed E-state index contributed by atoms with van der Waals surface area (Å²) in [5, 5.41) is 19.5. The number of carboxylic acid groups (broad SMARTS) is 1. The van der Waals surface area contributed by atoms with Crippen molar-refractivity contribution in [3.8, 4) is 0 Å². The van der Waals surface area contributed by atoms with E-state index in [4.69, 9.17) is 5.73 Å². The van der Waals surface area contributed by atoms with Crippen LogP contribution in [0.15, 0.2) is 12.3 Å². The van der Waals surface area contributed by atoms with Gasteiger partial charge in [0.05, 0.1) is 17.5 Å². The minimum absolute atomic E-state index is 0.0593. The number of aliphatic hydroxyl groups is 1. The van der Waals surface area contributed by atoms with Gasteiger partial charge in [0, 0.05) is 13.6 Å². The van der Waals surface area contributed by atoms with Gasteiger partial charge >= 0.3 is 5.97 Å². The molecule has 2 rings (SSSR count). The highest BCUT2D eigenvalue weighted by Crippen LogP contribution is 2.31. The van der Waals surface area contributed by atoms with Crippen molar-refractivity contribution in [1.82, 2.24) is 4.98 Å². The second-order valence-electron chi connectivity index (χ2n) is 5.23. The summed E-state index contributed by atoms with van der Waals surface area (Å²) in [4.78, 5) is 17.0. The molecule has 1 heterocycles. The molecule has 0 unspecified atom stereocenters. The Morgan fingerprint density at radius 3 is 2.74 bits per heavy atom. The molecule has 0 amide bonds. The number of nitrogens with zero attached hydrogens (tertiary/aromatic N) is 2. The molecule has 104 valence electrons. The third-order valence-corrected chi connectivity index (χ3v) is 3.55. The number of carboxylic acids is 1. The van der Waals surface area contributed by atoms with E-state index in [-0.39, 0.29) is 5.56 Å². The number of carbonyl (C=O) groups is 1. The fourth-order valence-corrected chi connectivity index (χ4v) is 2.64. The highest BCUT2D eigenvalue weighted by Gasteiger charge is 2.33. The molecule has 0 saturated heterocycles. The van der Waals surface area contributed by atoms with E-state index in [1.54, 1.807) is 11.9 Å². The predicted molar refractivity (Wildman–Crippen MR) is 72.3 cm³/mol. The number of rotatable bonds is 4. The Bertz CT molecular complexity index is 484. The zero-order valence-electron chi connectivity index (χ0n) is 11.0. The molecule has 4 N–H and O–H groups in total. The Labute approximate surface area is 111 Å². The number of hydrogen-bond acceptors (Lipinski definition) is 5. The molecule has 0 radical (unpaired) electrons. The zero-order valence-corrected chi connectivity index (χ0v) is 11.0. The summed E-state index contributed by atoms with van der Waals surface area (Å²) >= 11 is 0. The summed E-state index contributed by atoms with van der Waals surface area (Å²) in [6, 6.07) is 1.39. The standard InChI is InChI=1S/C13H19N3O3/c1-16(8-13(19)4-2-3-5-13)11-10(12(17)18)6-9(14)7-15-11/h6-7,19H,2-5,8,14H2,1H3,(H,17,18). The average molecular weight is 265 g/mol. The number of nitrogens with two attached hydrogens (primary N) is 1. The Morgan fingerprint density at radius 1 is 1.53 bits per heavy atom. The SMILES string of the molecule is CN(CC1(O)CCCC1)c1ncc(N)cc1C(=O)O. The van der Waals surface area contributed by atoms with E-state index in [0.29, 0.717) is 18.1 Å². The molecule has 0 bridgehead atoms. The van der Waals surface area contributed by atoms with Crippen molar-refractivity contribution in [2.45, 2.75) is 31.3 Å². The van der Waals surface area contributed by atoms with Gasteiger partial charge in [0.1, 0.15) is 11.4 Å². The lowest BCUT2D eigenvalue weighted by Gasteiger charge is -2.30. The van der Waals surface area contributed by atoms with Crippen molar-refractivity contribution in [2.75, 3.05) is 24.2 Å². The second-order valence-corrected chi connectivity index (χ2v) is 5.23. The van der Waals surface area contributed by atoms with Gasteiger partial charge in [-0.2, -0.15) is 0 Å². The number of nitrogen functional groups attached to an aromatic ring is 1. The van der Waals surface area contributed by atoms with Crippen LogP contribution >= 0.6 is 0 Å². The van der Waals surface area contributed by atoms with E-state index in [9.17, 15) is 15.0 Å². The van der Waals surface area contributed by atoms with Gasteiger partial charge in [-0.3, -0.25) is 0 Å². The number of aromatic nitrogens is 1. The molecular formula is C13H19N3O3. The topological polar surface area (TPSA) is 99.7 Å². The number of likely N-dealkylation sites (N-methyl/N-ethyl adjacent to an activating group) is 1. The molecule has 19 heavy (non-hydrogen) atoms. The quantitative estimate of drug-likeness (QED) is 0.754. The number of aromatic carboxylic acids is 1. The zero-order chi connectivity index (χ0) is 14.0. The molecule has 0 spiro atoms. The monoisotopic (exact) mass is 265 g/mol. The van der Waals surface area contributed by atoms with Crippen LogP contribution < -0.4 is 10.6 Å². The first-order chi connectivity index (χ1) is 8.91. The van der Waals surface area contributed by atoms with E-state index in [2.05, 4.69) is 4.98 Å². The van der Waals surface area contributed by atoms with Crippen LogP contribution in [0, 0.1) is 0 Å². The Balaban J connectivity index is 2.23. The maximum absolute atomic E-state index is 11.2. The summed E-state index contributed by atoms with van der Waals surface area (Å²) in [6.07, 6.45) is 4.93. The summed E-state index contributed by atoms with van der Waals surface area (Å²) < 4.78 is 0. The van der Waals surface area contributed by atoms with Crippen molar-refractivity contribution < 1.29 is 15.0 Å². The molecule has 1 aliphatic rings. The summed E-state index contributed by atoms with van der Waals surface area (Å²) in [7, 11) is 1.74. The molecule has 1 aliphatic carbocycles. The van der Waals surface area contributed by atoms with Crippen LogP contribution in [0.3, 0.4) is 0 Å². The maximum atomic E-state index is 11.2. The maximum Gasteiger partial charge on any atom is 0.339 e. The van der Waals surface area contributed by atoms with Gasteiger partial charge in [-0.1, -0.05) is 12.8 Å². The van der Waals surface area contributed by atoms with Crippen LogP contribution in [0.2, 0.25) is 0 Å². The minimum Gasteiger partial charge on any atom is -0.478 e. The Hall–Kier alpha value is -1.82. The van der Waals surface area contributed by atoms with Gasteiger partial charge in [-0.25, -0.2) is 9.78 Å². The van der Waals surface area contributed by atoms with Gasteiger partial charge < -0.3 is 20.8 Å². The van der Waals surface area contributed by atoms with Gasteiger partial charge in [0.15, 0.2) is 0 Å². The molecular weight excluding hydrogens is 246 g/mol. The molecule has 1 saturated carbocycles. The smallest absolute Gasteiger partial charge is 0.339 e. The van der Waals surface area contributed by atoms with Crippen molar-refractivity contribution in [3.63, 3.8) is 0 Å². The third kappa shape index (κ3) is 2.96. The highest BCUT2D eigenvalue weighted by molar-refractivity contribution is 5.94. The summed E-state index contributed by atoms with van der Waals surface area (Å²) in [5.41, 5.74) is 5.19. The lowest BCUT2D eigenvalue weighted by atomic mass is 10.0. The first-order valence-corrected chi connectivity index (χ1v) is 6.34. The lowest BCUT2D eigenvalue weighted by molar-refractivity contribution is 0.0554.